The van der Waals surface area contributed by atoms with Crippen molar-refractivity contribution in [3.8, 4) is 0 Å². The van der Waals surface area contributed by atoms with Crippen molar-refractivity contribution < 1.29 is 18.3 Å². The fraction of sp³-hybridized carbons (Fsp3) is 0.538. The third-order valence-electron chi connectivity index (χ3n) is 3.20. The number of sulfonamides is 1. The molecule has 0 unspecified atom stereocenters. The van der Waals surface area contributed by atoms with Gasteiger partial charge in [0.1, 0.15) is 12.2 Å². The van der Waals surface area contributed by atoms with Crippen LogP contribution in [0, 0.1) is 6.92 Å². The Morgan fingerprint density at radius 2 is 1.79 bits per heavy atom. The highest BCUT2D eigenvalue weighted by Gasteiger charge is 2.47. The SMILES string of the molecule is Cc1ccc(S(=O)(=O)N[C@H](C)[C@@H]2O[C@H]2[C@H](C)O)cc1. The van der Waals surface area contributed by atoms with Crippen LogP contribution in [-0.2, 0) is 14.8 Å². The minimum Gasteiger partial charge on any atom is -0.391 e. The standard InChI is InChI=1S/C13H19NO4S/c1-8-4-6-11(7-5-8)19(16,17)14-9(2)12-13(18-12)10(3)15/h4-7,9-10,12-15H,1-3H3/t9-,10+,12+,13+/m1/s1. The summed E-state index contributed by atoms with van der Waals surface area (Å²) >= 11 is 0. The predicted octanol–water partition coefficient (Wildman–Crippen LogP) is 0.810. The van der Waals surface area contributed by atoms with E-state index in [0.717, 1.165) is 5.56 Å². The van der Waals surface area contributed by atoms with Gasteiger partial charge in [0.05, 0.1) is 11.0 Å². The molecule has 106 valence electrons. The molecule has 4 atom stereocenters. The van der Waals surface area contributed by atoms with E-state index in [1.807, 2.05) is 6.92 Å². The van der Waals surface area contributed by atoms with Crippen LogP contribution in [0.5, 0.6) is 0 Å². The molecule has 6 heteroatoms. The molecule has 1 aromatic rings. The van der Waals surface area contributed by atoms with Gasteiger partial charge < -0.3 is 9.84 Å². The Kier molecular flexibility index (Phi) is 3.96. The highest BCUT2D eigenvalue weighted by atomic mass is 32.2. The van der Waals surface area contributed by atoms with E-state index >= 15 is 0 Å². The van der Waals surface area contributed by atoms with E-state index < -0.39 is 16.1 Å². The first-order valence-corrected chi connectivity index (χ1v) is 7.72. The number of aryl methyl sites for hydroxylation is 1. The van der Waals surface area contributed by atoms with E-state index in [4.69, 9.17) is 4.74 Å². The topological polar surface area (TPSA) is 78.9 Å². The van der Waals surface area contributed by atoms with Crippen LogP contribution >= 0.6 is 0 Å². The fourth-order valence-corrected chi connectivity index (χ4v) is 3.28. The first kappa shape index (κ1) is 14.5. The van der Waals surface area contributed by atoms with E-state index in [1.165, 1.54) is 0 Å². The third kappa shape index (κ3) is 3.33. The summed E-state index contributed by atoms with van der Waals surface area (Å²) in [5.74, 6) is 0. The Bertz CT molecular complexity index is 538. The van der Waals surface area contributed by atoms with Gasteiger partial charge in [-0.05, 0) is 32.9 Å². The van der Waals surface area contributed by atoms with E-state index in [2.05, 4.69) is 4.72 Å². The van der Waals surface area contributed by atoms with E-state index in [9.17, 15) is 13.5 Å². The molecule has 0 radical (unpaired) electrons. The molecule has 1 aliphatic rings. The number of benzene rings is 1. The van der Waals surface area contributed by atoms with Crippen molar-refractivity contribution in [1.29, 1.82) is 0 Å². The van der Waals surface area contributed by atoms with Crippen LogP contribution in [0.3, 0.4) is 0 Å². The van der Waals surface area contributed by atoms with Gasteiger partial charge in [-0.15, -0.1) is 0 Å². The summed E-state index contributed by atoms with van der Waals surface area (Å²) in [4.78, 5) is 0.235. The van der Waals surface area contributed by atoms with E-state index in [-0.39, 0.29) is 23.1 Å². The van der Waals surface area contributed by atoms with Crippen LogP contribution < -0.4 is 4.72 Å². The van der Waals surface area contributed by atoms with Gasteiger partial charge in [0, 0.05) is 6.04 Å². The molecule has 2 N–H and O–H groups in total. The molecule has 0 amide bonds. The maximum absolute atomic E-state index is 12.1. The molecular formula is C13H19NO4S. The molecule has 1 aromatic carbocycles. The van der Waals surface area contributed by atoms with Crippen LogP contribution in [0.15, 0.2) is 29.2 Å². The van der Waals surface area contributed by atoms with Crippen molar-refractivity contribution in [2.75, 3.05) is 0 Å². The Labute approximate surface area is 113 Å². The van der Waals surface area contributed by atoms with Crippen LogP contribution in [0.4, 0.5) is 0 Å². The lowest BCUT2D eigenvalue weighted by molar-refractivity contribution is 0.152. The Morgan fingerprint density at radius 3 is 2.26 bits per heavy atom. The van der Waals surface area contributed by atoms with Gasteiger partial charge >= 0.3 is 0 Å². The lowest BCUT2D eigenvalue weighted by Gasteiger charge is -2.12. The molecular weight excluding hydrogens is 266 g/mol. The van der Waals surface area contributed by atoms with Gasteiger partial charge in [0.15, 0.2) is 0 Å². The van der Waals surface area contributed by atoms with Gasteiger partial charge in [-0.25, -0.2) is 13.1 Å². The summed E-state index contributed by atoms with van der Waals surface area (Å²) in [6.45, 7) is 5.27. The first-order chi connectivity index (χ1) is 8.81. The number of ether oxygens (including phenoxy) is 1. The molecule has 5 nitrogen and oxygen atoms in total. The fourth-order valence-electron chi connectivity index (χ4n) is 2.02. The summed E-state index contributed by atoms with van der Waals surface area (Å²) < 4.78 is 32.1. The maximum atomic E-state index is 12.1. The minimum atomic E-state index is -3.54. The number of nitrogens with one attached hydrogen (secondary N) is 1. The number of rotatable bonds is 5. The van der Waals surface area contributed by atoms with Crippen molar-refractivity contribution in [2.24, 2.45) is 0 Å². The van der Waals surface area contributed by atoms with Gasteiger partial charge in [0.25, 0.3) is 0 Å². The summed E-state index contributed by atoms with van der Waals surface area (Å²) in [6.07, 6.45) is -1.13. The summed E-state index contributed by atoms with van der Waals surface area (Å²) in [6, 6.07) is 6.29. The summed E-state index contributed by atoms with van der Waals surface area (Å²) in [5, 5.41) is 9.36. The zero-order valence-electron chi connectivity index (χ0n) is 11.2. The van der Waals surface area contributed by atoms with E-state index in [0.29, 0.717) is 0 Å². The van der Waals surface area contributed by atoms with Crippen LogP contribution in [-0.4, -0.2) is 37.9 Å². The number of aliphatic hydroxyl groups is 1. The smallest absolute Gasteiger partial charge is 0.240 e. The molecule has 1 fully saturated rings. The third-order valence-corrected chi connectivity index (χ3v) is 4.78. The van der Waals surface area contributed by atoms with Crippen molar-refractivity contribution >= 4 is 10.0 Å². The summed E-state index contributed by atoms with van der Waals surface area (Å²) in [7, 11) is -3.54. The van der Waals surface area contributed by atoms with Gasteiger partial charge in [-0.1, -0.05) is 17.7 Å². The van der Waals surface area contributed by atoms with Gasteiger partial charge in [0.2, 0.25) is 10.0 Å². The number of hydrogen-bond donors (Lipinski definition) is 2. The zero-order valence-corrected chi connectivity index (χ0v) is 12.0. The lowest BCUT2D eigenvalue weighted by atomic mass is 10.1. The minimum absolute atomic E-state index is 0.235. The second-order valence-electron chi connectivity index (χ2n) is 5.03. The molecule has 0 aromatic heterocycles. The number of hydrogen-bond acceptors (Lipinski definition) is 4. The lowest BCUT2D eigenvalue weighted by Crippen LogP contribution is -2.38. The van der Waals surface area contributed by atoms with Crippen LogP contribution in [0.2, 0.25) is 0 Å². The molecule has 2 rings (SSSR count). The predicted molar refractivity (Wildman–Crippen MR) is 71.3 cm³/mol. The highest BCUT2D eigenvalue weighted by molar-refractivity contribution is 7.89. The van der Waals surface area contributed by atoms with Crippen molar-refractivity contribution in [2.45, 2.75) is 50.0 Å². The largest absolute Gasteiger partial charge is 0.391 e. The molecule has 0 spiro atoms. The van der Waals surface area contributed by atoms with E-state index in [1.54, 1.807) is 38.1 Å². The Hall–Kier alpha value is -0.950. The molecule has 0 saturated carbocycles. The van der Waals surface area contributed by atoms with Gasteiger partial charge in [-0.3, -0.25) is 0 Å². The molecule has 1 saturated heterocycles. The normalized spacial score (nSPS) is 25.9. The quantitative estimate of drug-likeness (QED) is 0.785. The number of epoxide rings is 1. The van der Waals surface area contributed by atoms with Crippen LogP contribution in [0.1, 0.15) is 19.4 Å². The maximum Gasteiger partial charge on any atom is 0.240 e. The van der Waals surface area contributed by atoms with Crippen LogP contribution in [0.25, 0.3) is 0 Å². The average molecular weight is 285 g/mol. The second-order valence-corrected chi connectivity index (χ2v) is 6.74. The number of aliphatic hydroxyl groups excluding tert-OH is 1. The molecule has 0 bridgehead atoms. The van der Waals surface area contributed by atoms with Gasteiger partial charge in [-0.2, -0.15) is 0 Å². The molecule has 1 aliphatic heterocycles. The molecule has 19 heavy (non-hydrogen) atoms. The Morgan fingerprint density at radius 1 is 1.21 bits per heavy atom. The zero-order chi connectivity index (χ0) is 14.2. The van der Waals surface area contributed by atoms with Crippen molar-refractivity contribution in [3.63, 3.8) is 0 Å². The monoisotopic (exact) mass is 285 g/mol. The van der Waals surface area contributed by atoms with Crippen molar-refractivity contribution in [3.05, 3.63) is 29.8 Å². The van der Waals surface area contributed by atoms with Crippen molar-refractivity contribution in [1.82, 2.24) is 4.72 Å². The first-order valence-electron chi connectivity index (χ1n) is 6.24. The second kappa shape index (κ2) is 5.20. The summed E-state index contributed by atoms with van der Waals surface area (Å²) in [5.41, 5.74) is 1.01. The highest BCUT2D eigenvalue weighted by Crippen LogP contribution is 2.29. The average Bonchev–Trinajstić information content (AvgIpc) is 3.08. The molecule has 0 aliphatic carbocycles. The molecule has 1 heterocycles. The Balaban J connectivity index is 2.04.